The molecule has 0 aliphatic rings. The normalized spacial score (nSPS) is 9.53. The van der Waals surface area contributed by atoms with Crippen LogP contribution >= 0.6 is 0 Å². The predicted octanol–water partition coefficient (Wildman–Crippen LogP) is 0.507. The van der Waals surface area contributed by atoms with Crippen LogP contribution < -0.4 is 21.3 Å². The van der Waals surface area contributed by atoms with Gasteiger partial charge in [0.15, 0.2) is 11.6 Å². The maximum absolute atomic E-state index is 13.2. The summed E-state index contributed by atoms with van der Waals surface area (Å²) in [6.45, 7) is 0.198. The van der Waals surface area contributed by atoms with Crippen LogP contribution in [0.1, 0.15) is 5.56 Å². The molecule has 0 radical (unpaired) electrons. The number of benzene rings is 1. The van der Waals surface area contributed by atoms with Gasteiger partial charge in [0, 0.05) is 6.54 Å². The number of amides is 2. The van der Waals surface area contributed by atoms with Crippen LogP contribution in [0.4, 0.5) is 9.18 Å². The lowest BCUT2D eigenvalue weighted by molar-refractivity contribution is 0.240. The zero-order valence-electron chi connectivity index (χ0n) is 8.21. The molecule has 6 heteroatoms. The molecule has 0 bridgehead atoms. The van der Waals surface area contributed by atoms with Crippen molar-refractivity contribution in [2.24, 2.45) is 5.84 Å². The highest BCUT2D eigenvalue weighted by atomic mass is 19.1. The Balaban J connectivity index is 2.63. The second-order valence-corrected chi connectivity index (χ2v) is 2.80. The molecule has 0 saturated carbocycles. The number of nitrogens with one attached hydrogen (secondary N) is 2. The van der Waals surface area contributed by atoms with Crippen LogP contribution in [0.15, 0.2) is 18.2 Å². The van der Waals surface area contributed by atoms with E-state index in [0.717, 1.165) is 0 Å². The molecule has 15 heavy (non-hydrogen) atoms. The van der Waals surface area contributed by atoms with Gasteiger partial charge < -0.3 is 10.1 Å². The van der Waals surface area contributed by atoms with Crippen LogP contribution in [-0.2, 0) is 6.54 Å². The Morgan fingerprint density at radius 3 is 2.87 bits per heavy atom. The van der Waals surface area contributed by atoms with E-state index in [2.05, 4.69) is 5.32 Å². The Bertz CT molecular complexity index is 357. The molecule has 0 fully saturated rings. The van der Waals surface area contributed by atoms with Gasteiger partial charge >= 0.3 is 6.03 Å². The van der Waals surface area contributed by atoms with Crippen LogP contribution in [0, 0.1) is 5.82 Å². The van der Waals surface area contributed by atoms with Crippen LogP contribution in [-0.4, -0.2) is 13.1 Å². The SMILES string of the molecule is COc1ccc(CNC(=O)NN)cc1F. The number of ether oxygens (including phenoxy) is 1. The first kappa shape index (κ1) is 11.3. The van der Waals surface area contributed by atoms with E-state index in [1.165, 1.54) is 19.2 Å². The molecule has 1 aromatic rings. The molecule has 82 valence electrons. The van der Waals surface area contributed by atoms with Gasteiger partial charge in [0.05, 0.1) is 7.11 Å². The summed E-state index contributed by atoms with van der Waals surface area (Å²) in [7, 11) is 1.39. The van der Waals surface area contributed by atoms with E-state index < -0.39 is 11.8 Å². The van der Waals surface area contributed by atoms with Crippen molar-refractivity contribution in [3.8, 4) is 5.75 Å². The van der Waals surface area contributed by atoms with Gasteiger partial charge in [0.1, 0.15) is 0 Å². The Kier molecular flexibility index (Phi) is 3.87. The monoisotopic (exact) mass is 213 g/mol. The zero-order valence-corrected chi connectivity index (χ0v) is 8.21. The molecule has 0 heterocycles. The predicted molar refractivity (Wildman–Crippen MR) is 52.5 cm³/mol. The summed E-state index contributed by atoms with van der Waals surface area (Å²) in [6, 6.07) is 3.91. The Morgan fingerprint density at radius 2 is 2.33 bits per heavy atom. The molecule has 0 aliphatic heterocycles. The molecule has 5 nitrogen and oxygen atoms in total. The Hall–Kier alpha value is -1.82. The minimum atomic E-state index is -0.522. The number of halogens is 1. The fraction of sp³-hybridized carbons (Fsp3) is 0.222. The largest absolute Gasteiger partial charge is 0.494 e. The summed E-state index contributed by atoms with van der Waals surface area (Å²) in [5.74, 6) is 4.56. The lowest BCUT2D eigenvalue weighted by Gasteiger charge is -2.06. The first-order valence-electron chi connectivity index (χ1n) is 4.24. The van der Waals surface area contributed by atoms with Crippen molar-refractivity contribution in [3.63, 3.8) is 0 Å². The number of carbonyl (C=O) groups excluding carboxylic acids is 1. The standard InChI is InChI=1S/C9H12FN3O2/c1-15-8-3-2-6(4-7(8)10)5-12-9(14)13-11/h2-4H,5,11H2,1H3,(H2,12,13,14). The first-order valence-corrected chi connectivity index (χ1v) is 4.24. The van der Waals surface area contributed by atoms with Gasteiger partial charge in [-0.05, 0) is 17.7 Å². The van der Waals surface area contributed by atoms with E-state index in [1.807, 2.05) is 5.43 Å². The van der Waals surface area contributed by atoms with E-state index in [1.54, 1.807) is 6.07 Å². The minimum Gasteiger partial charge on any atom is -0.494 e. The molecular formula is C9H12FN3O2. The summed E-state index contributed by atoms with van der Waals surface area (Å²) < 4.78 is 17.9. The maximum atomic E-state index is 13.2. The van der Waals surface area contributed by atoms with Gasteiger partial charge in [0.2, 0.25) is 0 Å². The molecule has 1 aromatic carbocycles. The number of rotatable bonds is 3. The second kappa shape index (κ2) is 5.16. The number of urea groups is 1. The molecule has 4 N–H and O–H groups in total. The Labute approximate surface area is 86.4 Å². The number of hydrogen-bond donors (Lipinski definition) is 3. The van der Waals surface area contributed by atoms with Crippen molar-refractivity contribution < 1.29 is 13.9 Å². The van der Waals surface area contributed by atoms with Crippen LogP contribution in [0.3, 0.4) is 0 Å². The molecule has 0 saturated heterocycles. The quantitative estimate of drug-likeness (QED) is 0.389. The summed E-state index contributed by atoms with van der Waals surface area (Å²) in [5, 5.41) is 2.43. The maximum Gasteiger partial charge on any atom is 0.329 e. The first-order chi connectivity index (χ1) is 7.17. The lowest BCUT2D eigenvalue weighted by atomic mass is 10.2. The number of hydrogen-bond acceptors (Lipinski definition) is 3. The number of hydrazine groups is 1. The topological polar surface area (TPSA) is 76.4 Å². The third kappa shape index (κ3) is 3.10. The van der Waals surface area contributed by atoms with Gasteiger partial charge in [-0.3, -0.25) is 5.43 Å². The summed E-state index contributed by atoms with van der Waals surface area (Å²) in [6.07, 6.45) is 0. The molecule has 0 unspecified atom stereocenters. The van der Waals surface area contributed by atoms with Crippen LogP contribution in [0.5, 0.6) is 5.75 Å². The third-order valence-electron chi connectivity index (χ3n) is 1.80. The zero-order chi connectivity index (χ0) is 11.3. The average Bonchev–Trinajstić information content (AvgIpc) is 2.26. The van der Waals surface area contributed by atoms with Gasteiger partial charge in [-0.2, -0.15) is 0 Å². The molecule has 0 atom stereocenters. The summed E-state index contributed by atoms with van der Waals surface area (Å²) in [4.78, 5) is 10.7. The lowest BCUT2D eigenvalue weighted by Crippen LogP contribution is -2.39. The van der Waals surface area contributed by atoms with E-state index in [9.17, 15) is 9.18 Å². The van der Waals surface area contributed by atoms with Crippen molar-refractivity contribution in [1.82, 2.24) is 10.7 Å². The van der Waals surface area contributed by atoms with E-state index in [0.29, 0.717) is 5.56 Å². The fourth-order valence-electron chi connectivity index (χ4n) is 1.05. The number of carbonyl (C=O) groups is 1. The molecule has 1 rings (SSSR count). The summed E-state index contributed by atoms with van der Waals surface area (Å²) in [5.41, 5.74) is 2.53. The number of methoxy groups -OCH3 is 1. The average molecular weight is 213 g/mol. The smallest absolute Gasteiger partial charge is 0.329 e. The molecule has 0 aliphatic carbocycles. The minimum absolute atomic E-state index is 0.169. The fourth-order valence-corrected chi connectivity index (χ4v) is 1.05. The van der Waals surface area contributed by atoms with Crippen LogP contribution in [0.25, 0.3) is 0 Å². The Morgan fingerprint density at radius 1 is 1.60 bits per heavy atom. The summed E-state index contributed by atoms with van der Waals surface area (Å²) >= 11 is 0. The van der Waals surface area contributed by atoms with Crippen molar-refractivity contribution in [3.05, 3.63) is 29.6 Å². The van der Waals surface area contributed by atoms with Crippen molar-refractivity contribution in [2.45, 2.75) is 6.54 Å². The highest BCUT2D eigenvalue weighted by Gasteiger charge is 2.04. The van der Waals surface area contributed by atoms with Crippen molar-refractivity contribution in [1.29, 1.82) is 0 Å². The van der Waals surface area contributed by atoms with Gasteiger partial charge in [-0.15, -0.1) is 0 Å². The van der Waals surface area contributed by atoms with Gasteiger partial charge in [0.25, 0.3) is 0 Å². The van der Waals surface area contributed by atoms with E-state index >= 15 is 0 Å². The van der Waals surface area contributed by atoms with Gasteiger partial charge in [-0.25, -0.2) is 15.0 Å². The van der Waals surface area contributed by atoms with Crippen molar-refractivity contribution in [2.75, 3.05) is 7.11 Å². The number of nitrogens with two attached hydrogens (primary N) is 1. The second-order valence-electron chi connectivity index (χ2n) is 2.80. The third-order valence-corrected chi connectivity index (χ3v) is 1.80. The molecule has 0 aromatic heterocycles. The van der Waals surface area contributed by atoms with E-state index in [-0.39, 0.29) is 12.3 Å². The highest BCUT2D eigenvalue weighted by molar-refractivity contribution is 5.73. The molecule has 0 spiro atoms. The van der Waals surface area contributed by atoms with Crippen LogP contribution in [0.2, 0.25) is 0 Å². The molecular weight excluding hydrogens is 201 g/mol. The van der Waals surface area contributed by atoms with E-state index in [4.69, 9.17) is 10.6 Å². The van der Waals surface area contributed by atoms with Crippen molar-refractivity contribution >= 4 is 6.03 Å². The highest BCUT2D eigenvalue weighted by Crippen LogP contribution is 2.17. The van der Waals surface area contributed by atoms with Gasteiger partial charge in [-0.1, -0.05) is 6.07 Å². The molecule has 2 amide bonds.